The average Bonchev–Trinajstić information content (AvgIpc) is 2.71. The van der Waals surface area contributed by atoms with Gasteiger partial charge >= 0.3 is 6.09 Å². The molecule has 2 aromatic rings. The van der Waals surface area contributed by atoms with Gasteiger partial charge in [-0.05, 0) is 24.3 Å². The Kier molecular flexibility index (Phi) is 6.90. The summed E-state index contributed by atoms with van der Waals surface area (Å²) in [5, 5.41) is 9.83. The third-order valence-electron chi connectivity index (χ3n) is 4.85. The predicted molar refractivity (Wildman–Crippen MR) is 112 cm³/mol. The second-order valence-corrected chi connectivity index (χ2v) is 7.33. The maximum atomic E-state index is 11.2. The topological polar surface area (TPSA) is 103 Å². The number of benzene rings is 1. The van der Waals surface area contributed by atoms with Gasteiger partial charge in [-0.3, -0.25) is 14.6 Å². The van der Waals surface area contributed by atoms with E-state index in [4.69, 9.17) is 27.4 Å². The molecule has 9 heteroatoms. The van der Waals surface area contributed by atoms with Gasteiger partial charge in [0.2, 0.25) is 5.91 Å². The van der Waals surface area contributed by atoms with E-state index < -0.39 is 12.0 Å². The number of pyridine rings is 1. The van der Waals surface area contributed by atoms with Gasteiger partial charge in [-0.15, -0.1) is 0 Å². The number of rotatable bonds is 7. The summed E-state index contributed by atoms with van der Waals surface area (Å²) in [6, 6.07) is 13.6. The molecule has 1 saturated heterocycles. The zero-order valence-electron chi connectivity index (χ0n) is 16.0. The number of carbonyl (C=O) groups is 2. The molecule has 0 spiro atoms. The minimum atomic E-state index is -1.13. The van der Waals surface area contributed by atoms with E-state index in [1.165, 1.54) is 0 Å². The van der Waals surface area contributed by atoms with E-state index in [9.17, 15) is 9.59 Å². The van der Waals surface area contributed by atoms with Crippen molar-refractivity contribution in [3.63, 3.8) is 0 Å². The lowest BCUT2D eigenvalue weighted by molar-refractivity contribution is -0.118. The summed E-state index contributed by atoms with van der Waals surface area (Å²) in [5.41, 5.74) is 6.95. The number of primary amides is 1. The van der Waals surface area contributed by atoms with Crippen molar-refractivity contribution < 1.29 is 14.7 Å². The number of halogens is 1. The molecular formula is C20H24ClN5O3. The van der Waals surface area contributed by atoms with Gasteiger partial charge < -0.3 is 15.7 Å². The first-order valence-electron chi connectivity index (χ1n) is 9.39. The Balaban J connectivity index is 1.56. The van der Waals surface area contributed by atoms with Gasteiger partial charge in [0.25, 0.3) is 0 Å². The molecule has 3 rings (SSSR count). The van der Waals surface area contributed by atoms with Crippen molar-refractivity contribution >= 4 is 29.4 Å². The quantitative estimate of drug-likeness (QED) is 0.714. The third-order valence-corrected chi connectivity index (χ3v) is 5.09. The fraction of sp³-hybridized carbons (Fsp3) is 0.350. The summed E-state index contributed by atoms with van der Waals surface area (Å²) in [4.78, 5) is 32.4. The van der Waals surface area contributed by atoms with E-state index in [1.807, 2.05) is 42.5 Å². The number of carboxylic acid groups (broad SMARTS) is 1. The normalized spacial score (nSPS) is 14.6. The number of carbonyl (C=O) groups excluding carboxylic acids is 1. The molecule has 154 valence electrons. The molecule has 29 heavy (non-hydrogen) atoms. The highest BCUT2D eigenvalue weighted by atomic mass is 35.5. The summed E-state index contributed by atoms with van der Waals surface area (Å²) in [7, 11) is 0. The summed E-state index contributed by atoms with van der Waals surface area (Å²) in [6.45, 7) is 3.67. The number of nitrogens with zero attached hydrogens (tertiary/aromatic N) is 4. The van der Waals surface area contributed by atoms with Crippen LogP contribution in [0.5, 0.6) is 0 Å². The van der Waals surface area contributed by atoms with Crippen LogP contribution in [0.15, 0.2) is 42.5 Å². The number of hydrogen-bond donors (Lipinski definition) is 2. The summed E-state index contributed by atoms with van der Waals surface area (Å²) in [6.07, 6.45) is -1.13. The van der Waals surface area contributed by atoms with Crippen LogP contribution in [0.25, 0.3) is 11.3 Å². The van der Waals surface area contributed by atoms with Gasteiger partial charge in [-0.1, -0.05) is 29.8 Å². The molecule has 0 saturated carbocycles. The molecule has 0 aliphatic carbocycles. The maximum absolute atomic E-state index is 11.2. The Labute approximate surface area is 174 Å². The number of anilines is 1. The number of hydrogen-bond acceptors (Lipinski definition) is 5. The van der Waals surface area contributed by atoms with Crippen LogP contribution in [0.4, 0.5) is 10.6 Å². The van der Waals surface area contributed by atoms with Crippen molar-refractivity contribution in [3.8, 4) is 11.3 Å². The molecule has 2 heterocycles. The first-order chi connectivity index (χ1) is 13.9. The molecule has 0 radical (unpaired) electrons. The first kappa shape index (κ1) is 20.9. The van der Waals surface area contributed by atoms with Crippen LogP contribution in [0.1, 0.15) is 0 Å². The van der Waals surface area contributed by atoms with Crippen molar-refractivity contribution in [1.82, 2.24) is 14.8 Å². The summed E-state index contributed by atoms with van der Waals surface area (Å²) in [5.74, 6) is 0.255. The lowest BCUT2D eigenvalue weighted by Gasteiger charge is -2.36. The molecule has 1 aliphatic rings. The van der Waals surface area contributed by atoms with Gasteiger partial charge in [0.05, 0.1) is 5.69 Å². The number of aromatic nitrogens is 1. The molecule has 8 nitrogen and oxygen atoms in total. The lowest BCUT2D eigenvalue weighted by atomic mass is 10.1. The van der Waals surface area contributed by atoms with Gasteiger partial charge in [0, 0.05) is 49.9 Å². The van der Waals surface area contributed by atoms with Crippen molar-refractivity contribution in [2.45, 2.75) is 0 Å². The van der Waals surface area contributed by atoms with Crippen LogP contribution in [0, 0.1) is 0 Å². The van der Waals surface area contributed by atoms with E-state index >= 15 is 0 Å². The molecule has 3 N–H and O–H groups in total. The van der Waals surface area contributed by atoms with Gasteiger partial charge in [-0.2, -0.15) is 0 Å². The van der Waals surface area contributed by atoms with Gasteiger partial charge in [0.1, 0.15) is 12.4 Å². The van der Waals surface area contributed by atoms with Crippen molar-refractivity contribution in [1.29, 1.82) is 0 Å². The fourth-order valence-corrected chi connectivity index (χ4v) is 3.49. The van der Waals surface area contributed by atoms with Crippen LogP contribution in [-0.2, 0) is 4.79 Å². The van der Waals surface area contributed by atoms with Gasteiger partial charge in [-0.25, -0.2) is 9.78 Å². The first-order valence-corrected chi connectivity index (χ1v) is 9.76. The highest BCUT2D eigenvalue weighted by molar-refractivity contribution is 6.30. The summed E-state index contributed by atoms with van der Waals surface area (Å²) >= 11 is 6.09. The number of piperazine rings is 1. The molecule has 1 fully saturated rings. The Morgan fingerprint density at radius 2 is 1.86 bits per heavy atom. The van der Waals surface area contributed by atoms with E-state index in [0.717, 1.165) is 48.2 Å². The second-order valence-electron chi connectivity index (χ2n) is 6.89. The molecule has 1 aromatic carbocycles. The fourth-order valence-electron chi connectivity index (χ4n) is 3.30. The maximum Gasteiger partial charge on any atom is 0.407 e. The minimum Gasteiger partial charge on any atom is -0.465 e. The van der Waals surface area contributed by atoms with Crippen LogP contribution >= 0.6 is 11.6 Å². The highest BCUT2D eigenvalue weighted by Gasteiger charge is 2.21. The Hall–Kier alpha value is -2.84. The number of amides is 2. The molecule has 0 bridgehead atoms. The lowest BCUT2D eigenvalue weighted by Crippen LogP contribution is -2.49. The zero-order chi connectivity index (χ0) is 20.8. The van der Waals surface area contributed by atoms with Gasteiger partial charge in [0.15, 0.2) is 0 Å². The second kappa shape index (κ2) is 9.58. The standard InChI is InChI=1S/C20H24ClN5O3/c21-16-4-1-3-15(13-16)17-5-2-6-19(23-17)25-10-7-24(8-11-25)9-12-26(20(28)29)14-18(22)27/h1-6,13H,7-12,14H2,(H2,22,27)(H,28,29). The van der Waals surface area contributed by atoms with E-state index in [0.29, 0.717) is 11.6 Å². The van der Waals surface area contributed by atoms with Crippen LogP contribution < -0.4 is 10.6 Å². The zero-order valence-corrected chi connectivity index (χ0v) is 16.8. The monoisotopic (exact) mass is 417 g/mol. The average molecular weight is 418 g/mol. The molecular weight excluding hydrogens is 394 g/mol. The predicted octanol–water partition coefficient (Wildman–Crippen LogP) is 1.99. The van der Waals surface area contributed by atoms with Crippen LogP contribution in [0.3, 0.4) is 0 Å². The van der Waals surface area contributed by atoms with Crippen molar-refractivity contribution in [3.05, 3.63) is 47.5 Å². The van der Waals surface area contributed by atoms with Crippen LogP contribution in [-0.4, -0.2) is 77.7 Å². The molecule has 1 aliphatic heterocycles. The molecule has 0 unspecified atom stereocenters. The molecule has 2 amide bonds. The largest absolute Gasteiger partial charge is 0.465 e. The highest BCUT2D eigenvalue weighted by Crippen LogP contribution is 2.23. The number of nitrogens with two attached hydrogens (primary N) is 1. The smallest absolute Gasteiger partial charge is 0.407 e. The Morgan fingerprint density at radius 1 is 1.14 bits per heavy atom. The molecule has 0 atom stereocenters. The van der Waals surface area contributed by atoms with E-state index in [1.54, 1.807) is 0 Å². The SMILES string of the molecule is NC(=O)CN(CCN1CCN(c2cccc(-c3cccc(Cl)c3)n2)CC1)C(=O)O. The van der Waals surface area contributed by atoms with Crippen molar-refractivity contribution in [2.75, 3.05) is 50.7 Å². The van der Waals surface area contributed by atoms with Crippen molar-refractivity contribution in [2.24, 2.45) is 5.73 Å². The molecule has 1 aromatic heterocycles. The Bertz CT molecular complexity index is 871. The Morgan fingerprint density at radius 3 is 2.52 bits per heavy atom. The third kappa shape index (κ3) is 5.82. The minimum absolute atomic E-state index is 0.251. The van der Waals surface area contributed by atoms with E-state index in [2.05, 4.69) is 9.80 Å². The summed E-state index contributed by atoms with van der Waals surface area (Å²) < 4.78 is 0. The van der Waals surface area contributed by atoms with E-state index in [-0.39, 0.29) is 13.1 Å². The van der Waals surface area contributed by atoms with Crippen LogP contribution in [0.2, 0.25) is 5.02 Å².